The fourth-order valence-corrected chi connectivity index (χ4v) is 2.25. The first kappa shape index (κ1) is 14.4. The van der Waals surface area contributed by atoms with E-state index in [2.05, 4.69) is 18.4 Å². The average molecular weight is 273 g/mol. The number of rotatable bonds is 6. The summed E-state index contributed by atoms with van der Waals surface area (Å²) in [7, 11) is 0. The molecule has 0 atom stereocenters. The van der Waals surface area contributed by atoms with Gasteiger partial charge in [0.05, 0.1) is 15.7 Å². The van der Waals surface area contributed by atoms with Crippen LogP contribution in [0, 0.1) is 0 Å². The lowest BCUT2D eigenvalue weighted by molar-refractivity contribution is 0.295. The number of nitrogen functional groups attached to an aromatic ring is 1. The highest BCUT2D eigenvalue weighted by atomic mass is 35.5. The summed E-state index contributed by atoms with van der Waals surface area (Å²) < 4.78 is 0. The Hall–Kier alpha value is -0.700. The third-order valence-corrected chi connectivity index (χ3v) is 3.10. The summed E-state index contributed by atoms with van der Waals surface area (Å²) in [5.74, 6) is 0. The van der Waals surface area contributed by atoms with Crippen molar-refractivity contribution in [2.75, 3.05) is 18.8 Å². The summed E-state index contributed by atoms with van der Waals surface area (Å²) in [5, 5.41) is 1.03. The van der Waals surface area contributed by atoms with Gasteiger partial charge in [0.1, 0.15) is 0 Å². The summed E-state index contributed by atoms with van der Waals surface area (Å²) in [4.78, 5) is 2.28. The topological polar surface area (TPSA) is 29.3 Å². The lowest BCUT2D eigenvalue weighted by Gasteiger charge is -2.20. The fraction of sp³-hybridized carbons (Fsp3) is 0.385. The van der Waals surface area contributed by atoms with Crippen LogP contribution in [0.15, 0.2) is 24.8 Å². The van der Waals surface area contributed by atoms with Crippen molar-refractivity contribution in [3.63, 3.8) is 0 Å². The Balaban J connectivity index is 2.81. The Labute approximate surface area is 113 Å². The number of benzene rings is 1. The minimum Gasteiger partial charge on any atom is -0.396 e. The van der Waals surface area contributed by atoms with Crippen molar-refractivity contribution in [2.24, 2.45) is 0 Å². The van der Waals surface area contributed by atoms with Gasteiger partial charge in [-0.2, -0.15) is 0 Å². The van der Waals surface area contributed by atoms with Crippen molar-refractivity contribution in [1.29, 1.82) is 0 Å². The summed E-state index contributed by atoms with van der Waals surface area (Å²) in [6.45, 7) is 8.59. The first-order chi connectivity index (χ1) is 8.08. The second-order valence-electron chi connectivity index (χ2n) is 4.00. The summed E-state index contributed by atoms with van der Waals surface area (Å²) >= 11 is 12.0. The van der Waals surface area contributed by atoms with Crippen molar-refractivity contribution in [2.45, 2.75) is 19.9 Å². The molecule has 4 heteroatoms. The number of hydrogen-bond acceptors (Lipinski definition) is 2. The van der Waals surface area contributed by atoms with E-state index in [4.69, 9.17) is 28.9 Å². The Morgan fingerprint density at radius 3 is 2.41 bits per heavy atom. The van der Waals surface area contributed by atoms with Crippen molar-refractivity contribution in [3.8, 4) is 0 Å². The van der Waals surface area contributed by atoms with E-state index in [1.165, 1.54) is 0 Å². The second kappa shape index (κ2) is 6.90. The first-order valence-corrected chi connectivity index (χ1v) is 6.40. The van der Waals surface area contributed by atoms with E-state index in [0.29, 0.717) is 15.7 Å². The van der Waals surface area contributed by atoms with Crippen molar-refractivity contribution < 1.29 is 0 Å². The zero-order valence-electron chi connectivity index (χ0n) is 10.0. The molecule has 0 heterocycles. The SMILES string of the molecule is C=CCN(CCC)Cc1cc(Cl)c(N)c(Cl)c1. The molecule has 0 bridgehead atoms. The van der Waals surface area contributed by atoms with Crippen molar-refractivity contribution >= 4 is 28.9 Å². The Bertz CT molecular complexity index is 368. The zero-order valence-corrected chi connectivity index (χ0v) is 11.6. The minimum atomic E-state index is 0.447. The monoisotopic (exact) mass is 272 g/mol. The zero-order chi connectivity index (χ0) is 12.8. The van der Waals surface area contributed by atoms with Crippen LogP contribution >= 0.6 is 23.2 Å². The molecule has 0 spiro atoms. The molecule has 1 aromatic carbocycles. The quantitative estimate of drug-likeness (QED) is 0.627. The van der Waals surface area contributed by atoms with E-state index in [0.717, 1.165) is 31.6 Å². The van der Waals surface area contributed by atoms with Crippen LogP contribution in [0.1, 0.15) is 18.9 Å². The molecule has 2 nitrogen and oxygen atoms in total. The van der Waals surface area contributed by atoms with Gasteiger partial charge in [-0.25, -0.2) is 0 Å². The van der Waals surface area contributed by atoms with Crippen LogP contribution in [-0.4, -0.2) is 18.0 Å². The molecule has 17 heavy (non-hydrogen) atoms. The van der Waals surface area contributed by atoms with Crippen LogP contribution in [0.25, 0.3) is 0 Å². The number of nitrogens with two attached hydrogens (primary N) is 1. The summed E-state index contributed by atoms with van der Waals surface area (Å²) in [6.07, 6.45) is 3.00. The van der Waals surface area contributed by atoms with Crippen LogP contribution in [0.4, 0.5) is 5.69 Å². The molecule has 1 aromatic rings. The van der Waals surface area contributed by atoms with Gasteiger partial charge in [0.25, 0.3) is 0 Å². The highest BCUT2D eigenvalue weighted by Crippen LogP contribution is 2.29. The van der Waals surface area contributed by atoms with Crippen LogP contribution in [0.3, 0.4) is 0 Å². The Morgan fingerprint density at radius 1 is 1.35 bits per heavy atom. The van der Waals surface area contributed by atoms with E-state index < -0.39 is 0 Å². The number of anilines is 1. The Morgan fingerprint density at radius 2 is 1.94 bits per heavy atom. The van der Waals surface area contributed by atoms with Crippen molar-refractivity contribution in [1.82, 2.24) is 4.90 Å². The molecule has 0 saturated heterocycles. The normalized spacial score (nSPS) is 10.8. The number of nitrogens with zero attached hydrogens (tertiary/aromatic N) is 1. The number of hydrogen-bond donors (Lipinski definition) is 1. The Kier molecular flexibility index (Phi) is 5.83. The largest absolute Gasteiger partial charge is 0.396 e. The first-order valence-electron chi connectivity index (χ1n) is 5.65. The van der Waals surface area contributed by atoms with E-state index in [1.807, 2.05) is 18.2 Å². The van der Waals surface area contributed by atoms with Gasteiger partial charge < -0.3 is 5.73 Å². The van der Waals surface area contributed by atoms with Crippen LogP contribution in [0.2, 0.25) is 10.0 Å². The molecule has 0 saturated carbocycles. The van der Waals surface area contributed by atoms with Gasteiger partial charge in [-0.3, -0.25) is 4.90 Å². The van der Waals surface area contributed by atoms with Gasteiger partial charge >= 0.3 is 0 Å². The maximum Gasteiger partial charge on any atom is 0.0693 e. The van der Waals surface area contributed by atoms with E-state index >= 15 is 0 Å². The molecular weight excluding hydrogens is 255 g/mol. The third kappa shape index (κ3) is 4.23. The molecular formula is C13H18Cl2N2. The maximum absolute atomic E-state index is 6.01. The predicted molar refractivity (Wildman–Crippen MR) is 76.6 cm³/mol. The average Bonchev–Trinajstić information content (AvgIpc) is 2.26. The molecule has 0 aliphatic carbocycles. The third-order valence-electron chi connectivity index (χ3n) is 2.47. The van der Waals surface area contributed by atoms with E-state index in [1.54, 1.807) is 0 Å². The molecule has 0 aromatic heterocycles. The van der Waals surface area contributed by atoms with E-state index in [-0.39, 0.29) is 0 Å². The molecule has 0 unspecified atom stereocenters. The molecule has 0 amide bonds. The molecule has 0 aliphatic rings. The summed E-state index contributed by atoms with van der Waals surface area (Å²) in [5.41, 5.74) is 7.23. The highest BCUT2D eigenvalue weighted by Gasteiger charge is 2.08. The van der Waals surface area contributed by atoms with Crippen molar-refractivity contribution in [3.05, 3.63) is 40.4 Å². The number of halogens is 2. The van der Waals surface area contributed by atoms with Gasteiger partial charge in [-0.15, -0.1) is 6.58 Å². The summed E-state index contributed by atoms with van der Waals surface area (Å²) in [6, 6.07) is 3.74. The molecule has 0 aliphatic heterocycles. The highest BCUT2D eigenvalue weighted by molar-refractivity contribution is 6.38. The predicted octanol–water partition coefficient (Wildman–Crippen LogP) is 3.97. The van der Waals surface area contributed by atoms with Gasteiger partial charge in [0.15, 0.2) is 0 Å². The lowest BCUT2D eigenvalue weighted by Crippen LogP contribution is -2.24. The van der Waals surface area contributed by atoms with Crippen LogP contribution in [-0.2, 0) is 6.54 Å². The van der Waals surface area contributed by atoms with E-state index in [9.17, 15) is 0 Å². The fourth-order valence-electron chi connectivity index (χ4n) is 1.72. The van der Waals surface area contributed by atoms with Crippen LogP contribution < -0.4 is 5.73 Å². The van der Waals surface area contributed by atoms with Gasteiger partial charge in [-0.1, -0.05) is 36.2 Å². The molecule has 1 rings (SSSR count). The van der Waals surface area contributed by atoms with Crippen LogP contribution in [0.5, 0.6) is 0 Å². The minimum absolute atomic E-state index is 0.447. The maximum atomic E-state index is 6.01. The van der Waals surface area contributed by atoms with Gasteiger partial charge in [-0.05, 0) is 30.7 Å². The standard InChI is InChI=1S/C13H18Cl2N2/c1-3-5-17(6-4-2)9-10-7-11(14)13(16)12(15)8-10/h3,7-8H,1,4-6,9,16H2,2H3. The molecule has 0 radical (unpaired) electrons. The molecule has 94 valence electrons. The molecule has 2 N–H and O–H groups in total. The molecule has 0 fully saturated rings. The lowest BCUT2D eigenvalue weighted by atomic mass is 10.2. The van der Waals surface area contributed by atoms with Gasteiger partial charge in [0, 0.05) is 13.1 Å². The second-order valence-corrected chi connectivity index (χ2v) is 4.81. The van der Waals surface area contributed by atoms with Gasteiger partial charge in [0.2, 0.25) is 0 Å². The smallest absolute Gasteiger partial charge is 0.0693 e.